The van der Waals surface area contributed by atoms with Gasteiger partial charge in [0.25, 0.3) is 5.91 Å². The van der Waals surface area contributed by atoms with Crippen LogP contribution in [-0.4, -0.2) is 32.9 Å². The molecule has 3 heterocycles. The minimum atomic E-state index is -2.25. The molecular weight excluding hydrogens is 392 g/mol. The Hall–Kier alpha value is -2.99. The molecule has 0 bridgehead atoms. The zero-order chi connectivity index (χ0) is 21.1. The molecule has 1 N–H and O–H groups in total. The van der Waals surface area contributed by atoms with Crippen LogP contribution in [0, 0.1) is 12.8 Å². The van der Waals surface area contributed by atoms with Gasteiger partial charge in [0.05, 0.1) is 6.20 Å². The number of pyridine rings is 1. The summed E-state index contributed by atoms with van der Waals surface area (Å²) in [6.45, 7) is 2.28. The number of terminal acetylenes is 1. The Balaban J connectivity index is 0.000000367. The van der Waals surface area contributed by atoms with Crippen LogP contribution >= 0.6 is 0 Å². The van der Waals surface area contributed by atoms with Gasteiger partial charge < -0.3 is 19.0 Å². The van der Waals surface area contributed by atoms with Gasteiger partial charge in [-0.3, -0.25) is 14.0 Å². The van der Waals surface area contributed by atoms with Gasteiger partial charge in [-0.2, -0.15) is 0 Å². The van der Waals surface area contributed by atoms with Crippen molar-refractivity contribution in [3.63, 3.8) is 0 Å². The number of nitrogens with zero attached hydrogens (tertiary/aromatic N) is 1. The smallest absolute Gasteiger partial charge is 0.287 e. The zero-order valence-electron chi connectivity index (χ0n) is 15.7. The Kier molecular flexibility index (Phi) is 9.05. The number of aromatic nitrogens is 1. The molecule has 8 heteroatoms. The predicted molar refractivity (Wildman–Crippen MR) is 109 cm³/mol. The zero-order valence-corrected chi connectivity index (χ0v) is 16.5. The highest BCUT2D eigenvalue weighted by molar-refractivity contribution is 7.79. The van der Waals surface area contributed by atoms with Crippen LogP contribution in [0.1, 0.15) is 29.0 Å². The quantitative estimate of drug-likeness (QED) is 0.521. The number of furan rings is 1. The first-order valence-corrected chi connectivity index (χ1v) is 9.92. The highest BCUT2D eigenvalue weighted by atomic mass is 32.2. The molecule has 4 rings (SSSR count). The summed E-state index contributed by atoms with van der Waals surface area (Å²) in [5, 5.41) is 3.53. The third-order valence-electron chi connectivity index (χ3n) is 3.94. The summed E-state index contributed by atoms with van der Waals surface area (Å²) in [6, 6.07) is 9.67. The lowest BCUT2D eigenvalue weighted by atomic mass is 10.2. The average Bonchev–Trinajstić information content (AvgIpc) is 3.46. The number of ether oxygens (including phenoxy) is 1. The molecular formula is C21H21N2O5S-. The van der Waals surface area contributed by atoms with Crippen molar-refractivity contribution in [1.29, 1.82) is 0 Å². The van der Waals surface area contributed by atoms with Crippen molar-refractivity contribution in [3.8, 4) is 12.8 Å². The van der Waals surface area contributed by atoms with E-state index in [0.29, 0.717) is 5.58 Å². The van der Waals surface area contributed by atoms with Crippen molar-refractivity contribution in [2.45, 2.75) is 24.3 Å². The fraction of sp³-hybridized carbons (Fsp3) is 0.238. The fourth-order valence-corrected chi connectivity index (χ4v) is 2.85. The molecule has 152 valence electrons. The number of benzene rings is 1. The number of carbonyl (C=O) groups excluding carboxylic acids is 1. The largest absolute Gasteiger partial charge is 0.768 e. The predicted octanol–water partition coefficient (Wildman–Crippen LogP) is 3.04. The minimum Gasteiger partial charge on any atom is -0.768 e. The van der Waals surface area contributed by atoms with E-state index in [0.717, 1.165) is 24.2 Å². The average molecular weight is 413 g/mol. The SMILES string of the molecule is C#C.C1CCOC1.O=C(NCc1ccc(S(=O)[O-])cc1)c1cc2ccncc2o1. The van der Waals surface area contributed by atoms with Crippen LogP contribution in [0.5, 0.6) is 0 Å². The summed E-state index contributed by atoms with van der Waals surface area (Å²) in [7, 11) is 0. The van der Waals surface area contributed by atoms with Crippen molar-refractivity contribution in [3.05, 3.63) is 60.1 Å². The van der Waals surface area contributed by atoms with Crippen LogP contribution in [0.4, 0.5) is 0 Å². The van der Waals surface area contributed by atoms with Crippen LogP contribution in [0.25, 0.3) is 11.0 Å². The second kappa shape index (κ2) is 11.8. The van der Waals surface area contributed by atoms with Crippen molar-refractivity contribution in [1.82, 2.24) is 10.3 Å². The Morgan fingerprint density at radius 2 is 1.86 bits per heavy atom. The topological polar surface area (TPSA) is 104 Å². The van der Waals surface area contributed by atoms with E-state index < -0.39 is 11.1 Å². The molecule has 1 aromatic carbocycles. The molecule has 7 nitrogen and oxygen atoms in total. The summed E-state index contributed by atoms with van der Waals surface area (Å²) >= 11 is -2.25. The molecule has 2 aromatic heterocycles. The number of fused-ring (bicyclic) bond motifs is 1. The van der Waals surface area contributed by atoms with Gasteiger partial charge in [0.15, 0.2) is 11.3 Å². The molecule has 0 saturated carbocycles. The lowest BCUT2D eigenvalue weighted by molar-refractivity contribution is 0.0925. The van der Waals surface area contributed by atoms with E-state index in [-0.39, 0.29) is 23.1 Å². The van der Waals surface area contributed by atoms with E-state index in [2.05, 4.69) is 23.1 Å². The van der Waals surface area contributed by atoms with E-state index in [1.165, 1.54) is 25.0 Å². The highest BCUT2D eigenvalue weighted by Crippen LogP contribution is 2.17. The number of amides is 1. The highest BCUT2D eigenvalue weighted by Gasteiger charge is 2.11. The molecule has 1 saturated heterocycles. The van der Waals surface area contributed by atoms with E-state index >= 15 is 0 Å². The van der Waals surface area contributed by atoms with Gasteiger partial charge in [-0.05, 0) is 53.8 Å². The number of rotatable bonds is 4. The first-order valence-electron chi connectivity index (χ1n) is 8.84. The summed E-state index contributed by atoms with van der Waals surface area (Å²) in [5.74, 6) is -0.132. The molecule has 1 aliphatic rings. The lowest BCUT2D eigenvalue weighted by Crippen LogP contribution is -2.22. The standard InChI is InChI=1S/C15H12N2O4S.C4H8O.C2H2/c18-15(13-7-11-5-6-16-9-14(11)21-13)17-8-10-1-3-12(4-2-10)22(19)20;1-2-4-5-3-1;1-2/h1-7,9H,8H2,(H,17,18)(H,19,20);1-4H2;1-2H/p-1. The van der Waals surface area contributed by atoms with Crippen LogP contribution in [-0.2, 0) is 22.4 Å². The van der Waals surface area contributed by atoms with Gasteiger partial charge in [0.2, 0.25) is 0 Å². The summed E-state index contributed by atoms with van der Waals surface area (Å²) in [6.07, 6.45) is 13.7. The van der Waals surface area contributed by atoms with Gasteiger partial charge in [-0.25, -0.2) is 0 Å². The number of nitrogens with one attached hydrogen (secondary N) is 1. The number of carbonyl (C=O) groups is 1. The Labute approximate surface area is 171 Å². The molecule has 1 aliphatic heterocycles. The van der Waals surface area contributed by atoms with E-state index in [1.54, 1.807) is 36.7 Å². The molecule has 1 unspecified atom stereocenters. The van der Waals surface area contributed by atoms with Gasteiger partial charge >= 0.3 is 0 Å². The number of hydrogen-bond donors (Lipinski definition) is 1. The minimum absolute atomic E-state index is 0.208. The normalized spacial score (nSPS) is 13.5. The van der Waals surface area contributed by atoms with Crippen LogP contribution < -0.4 is 5.32 Å². The lowest BCUT2D eigenvalue weighted by Gasteiger charge is -2.07. The monoisotopic (exact) mass is 413 g/mol. The third kappa shape index (κ3) is 6.84. The van der Waals surface area contributed by atoms with E-state index in [1.807, 2.05) is 0 Å². The second-order valence-electron chi connectivity index (χ2n) is 5.90. The molecule has 0 spiro atoms. The van der Waals surface area contributed by atoms with Crippen molar-refractivity contribution >= 4 is 28.0 Å². The maximum absolute atomic E-state index is 12.0. The summed E-state index contributed by atoms with van der Waals surface area (Å²) in [5.41, 5.74) is 1.34. The summed E-state index contributed by atoms with van der Waals surface area (Å²) < 4.78 is 31.9. The van der Waals surface area contributed by atoms with Gasteiger partial charge in [0, 0.05) is 36.2 Å². The molecule has 1 amide bonds. The molecule has 1 fully saturated rings. The molecule has 29 heavy (non-hydrogen) atoms. The van der Waals surface area contributed by atoms with Crippen molar-refractivity contribution in [2.24, 2.45) is 0 Å². The third-order valence-corrected chi connectivity index (χ3v) is 4.60. The van der Waals surface area contributed by atoms with Gasteiger partial charge in [-0.15, -0.1) is 12.8 Å². The van der Waals surface area contributed by atoms with Gasteiger partial charge in [0.1, 0.15) is 0 Å². The first kappa shape index (κ1) is 22.3. The first-order chi connectivity index (χ1) is 14.1. The Bertz CT molecular complexity index is 921. The van der Waals surface area contributed by atoms with Crippen LogP contribution in [0.2, 0.25) is 0 Å². The summed E-state index contributed by atoms with van der Waals surface area (Å²) in [4.78, 5) is 16.2. The van der Waals surface area contributed by atoms with Gasteiger partial charge in [-0.1, -0.05) is 12.1 Å². The van der Waals surface area contributed by atoms with Crippen LogP contribution in [0.15, 0.2) is 58.1 Å². The Morgan fingerprint density at radius 1 is 1.17 bits per heavy atom. The molecule has 0 aliphatic carbocycles. The van der Waals surface area contributed by atoms with Crippen molar-refractivity contribution < 1.29 is 22.7 Å². The molecule has 1 atom stereocenters. The van der Waals surface area contributed by atoms with E-state index in [9.17, 15) is 13.6 Å². The second-order valence-corrected chi connectivity index (χ2v) is 6.85. The Morgan fingerprint density at radius 3 is 2.41 bits per heavy atom. The van der Waals surface area contributed by atoms with E-state index in [4.69, 9.17) is 9.15 Å². The molecule has 0 radical (unpaired) electrons. The fourth-order valence-electron chi connectivity index (χ4n) is 2.49. The maximum Gasteiger partial charge on any atom is 0.287 e. The number of hydrogen-bond acceptors (Lipinski definition) is 6. The molecule has 3 aromatic rings. The van der Waals surface area contributed by atoms with Crippen LogP contribution in [0.3, 0.4) is 0 Å². The maximum atomic E-state index is 12.0. The van der Waals surface area contributed by atoms with Crippen molar-refractivity contribution in [2.75, 3.05) is 13.2 Å².